The van der Waals surface area contributed by atoms with E-state index in [1.165, 1.54) is 47.2 Å². The fourth-order valence-electron chi connectivity index (χ4n) is 5.28. The van der Waals surface area contributed by atoms with Crippen molar-refractivity contribution in [3.63, 3.8) is 0 Å². The van der Waals surface area contributed by atoms with Gasteiger partial charge in [0.15, 0.2) is 0 Å². The molecule has 4 rings (SSSR count). The van der Waals surface area contributed by atoms with Crippen molar-refractivity contribution in [3.05, 3.63) is 87.4 Å². The van der Waals surface area contributed by atoms with E-state index in [4.69, 9.17) is 0 Å². The molecule has 1 fully saturated rings. The van der Waals surface area contributed by atoms with Gasteiger partial charge in [0.1, 0.15) is 16.5 Å². The van der Waals surface area contributed by atoms with E-state index in [1.54, 1.807) is 5.51 Å². The minimum atomic E-state index is -0.997. The average Bonchev–Trinajstić information content (AvgIpc) is 3.42. The summed E-state index contributed by atoms with van der Waals surface area (Å²) in [5.41, 5.74) is 4.10. The van der Waals surface area contributed by atoms with Crippen LogP contribution in [0.3, 0.4) is 0 Å². The number of nitrogens with one attached hydrogen (secondary N) is 2. The van der Waals surface area contributed by atoms with Crippen LogP contribution in [0.1, 0.15) is 79.2 Å². The second-order valence-corrected chi connectivity index (χ2v) is 12.2. The van der Waals surface area contributed by atoms with Gasteiger partial charge in [-0.2, -0.15) is 0 Å². The number of aliphatic hydroxyl groups excluding tert-OH is 1. The molecule has 0 aliphatic heterocycles. The first-order valence-corrected chi connectivity index (χ1v) is 14.1. The molecule has 1 saturated carbocycles. The first-order valence-electron chi connectivity index (χ1n) is 13.2. The largest absolute Gasteiger partial charge is 0.390 e. The minimum absolute atomic E-state index is 0.0115. The fourth-order valence-corrected chi connectivity index (χ4v) is 5.80. The number of amides is 1. The molecule has 2 unspecified atom stereocenters. The fraction of sp³-hybridized carbons (Fsp3) is 0.467. The number of halogens is 2. The monoisotopic (exact) mass is 541 g/mol. The highest BCUT2D eigenvalue weighted by molar-refractivity contribution is 7.11. The zero-order valence-corrected chi connectivity index (χ0v) is 23.1. The topological polar surface area (TPSA) is 74.2 Å². The van der Waals surface area contributed by atoms with Crippen LogP contribution in [0, 0.1) is 11.6 Å². The van der Waals surface area contributed by atoms with Crippen LogP contribution < -0.4 is 10.6 Å². The molecule has 1 aliphatic rings. The molecule has 38 heavy (non-hydrogen) atoms. The number of nitrogens with zero attached hydrogens (tertiary/aromatic N) is 1. The average molecular weight is 542 g/mol. The quantitative estimate of drug-likeness (QED) is 0.317. The summed E-state index contributed by atoms with van der Waals surface area (Å²) in [6.07, 6.45) is 5.76. The number of hydrogen-bond donors (Lipinski definition) is 3. The lowest BCUT2D eigenvalue weighted by atomic mass is 9.74. The van der Waals surface area contributed by atoms with Gasteiger partial charge in [0.2, 0.25) is 0 Å². The lowest BCUT2D eigenvalue weighted by Crippen LogP contribution is -2.53. The number of carbonyl (C=O) groups is 1. The third-order valence-corrected chi connectivity index (χ3v) is 8.22. The molecule has 5 nitrogen and oxygen atoms in total. The molecule has 0 radical (unpaired) electrons. The van der Waals surface area contributed by atoms with Crippen molar-refractivity contribution in [2.75, 3.05) is 6.54 Å². The van der Waals surface area contributed by atoms with E-state index in [9.17, 15) is 18.7 Å². The summed E-state index contributed by atoms with van der Waals surface area (Å²) in [4.78, 5) is 17.2. The van der Waals surface area contributed by atoms with Crippen LogP contribution in [0.25, 0.3) is 0 Å². The molecule has 0 saturated heterocycles. The molecule has 1 aliphatic carbocycles. The van der Waals surface area contributed by atoms with Crippen LogP contribution in [-0.4, -0.2) is 34.7 Å². The lowest BCUT2D eigenvalue weighted by Gasteiger charge is -2.41. The second-order valence-electron chi connectivity index (χ2n) is 11.3. The summed E-state index contributed by atoms with van der Waals surface area (Å²) in [5.74, 6) is -1.77. The Balaban J connectivity index is 1.56. The standard InChI is InChI=1S/C30H37F2N3O2S/c1-29(2,3)21-8-7-9-22(15-21)30(10-5-4-6-11-30)34-17-26(36)25(35-28(37)27-18-33-19-38-27)14-20-12-23(31)16-24(32)13-20/h7-9,12-13,15-16,18-19,25-26,34,36H,4-6,10-11,14,17H2,1-3H3,(H,35,37). The Morgan fingerprint density at radius 3 is 2.45 bits per heavy atom. The van der Waals surface area contributed by atoms with Crippen LogP contribution in [0.15, 0.2) is 54.2 Å². The summed E-state index contributed by atoms with van der Waals surface area (Å²) >= 11 is 1.19. The van der Waals surface area contributed by atoms with Gasteiger partial charge in [0.25, 0.3) is 5.91 Å². The predicted molar refractivity (Wildman–Crippen MR) is 147 cm³/mol. The first kappa shape index (κ1) is 28.3. The van der Waals surface area contributed by atoms with Crippen molar-refractivity contribution < 1.29 is 18.7 Å². The Morgan fingerprint density at radius 1 is 1.11 bits per heavy atom. The second kappa shape index (κ2) is 12.0. The highest BCUT2D eigenvalue weighted by atomic mass is 32.1. The Labute approximate surface area is 227 Å². The van der Waals surface area contributed by atoms with E-state index in [1.807, 2.05) is 0 Å². The molecule has 3 aromatic rings. The Bertz CT molecular complexity index is 1200. The number of benzene rings is 2. The molecule has 8 heteroatoms. The molecule has 1 heterocycles. The van der Waals surface area contributed by atoms with Crippen LogP contribution in [-0.2, 0) is 17.4 Å². The molecule has 3 N–H and O–H groups in total. The molecule has 0 bridgehead atoms. The summed E-state index contributed by atoms with van der Waals surface area (Å²) in [6, 6.07) is 11.2. The van der Waals surface area contributed by atoms with Crippen molar-refractivity contribution in [2.24, 2.45) is 0 Å². The van der Waals surface area contributed by atoms with E-state index in [2.05, 4.69) is 60.7 Å². The lowest BCUT2D eigenvalue weighted by molar-refractivity contribution is 0.0791. The van der Waals surface area contributed by atoms with Gasteiger partial charge in [-0.15, -0.1) is 11.3 Å². The minimum Gasteiger partial charge on any atom is -0.390 e. The smallest absolute Gasteiger partial charge is 0.263 e. The number of hydrogen-bond acceptors (Lipinski definition) is 5. The van der Waals surface area contributed by atoms with Crippen LogP contribution in [0.5, 0.6) is 0 Å². The van der Waals surface area contributed by atoms with Crippen LogP contribution in [0.2, 0.25) is 0 Å². The van der Waals surface area contributed by atoms with E-state index in [-0.39, 0.29) is 29.8 Å². The van der Waals surface area contributed by atoms with E-state index >= 15 is 0 Å². The van der Waals surface area contributed by atoms with E-state index < -0.39 is 23.8 Å². The molecule has 0 spiro atoms. The third-order valence-electron chi connectivity index (χ3n) is 7.45. The number of rotatable bonds is 9. The maximum atomic E-state index is 13.9. The van der Waals surface area contributed by atoms with Crippen LogP contribution in [0.4, 0.5) is 8.78 Å². The van der Waals surface area contributed by atoms with Crippen molar-refractivity contribution in [2.45, 2.75) is 82.4 Å². The van der Waals surface area contributed by atoms with Gasteiger partial charge in [-0.1, -0.05) is 64.3 Å². The van der Waals surface area contributed by atoms with Crippen molar-refractivity contribution in [3.8, 4) is 0 Å². The van der Waals surface area contributed by atoms with Gasteiger partial charge in [-0.3, -0.25) is 9.78 Å². The van der Waals surface area contributed by atoms with Gasteiger partial charge in [-0.05, 0) is 53.5 Å². The Kier molecular flexibility index (Phi) is 8.96. The van der Waals surface area contributed by atoms with Crippen molar-refractivity contribution in [1.29, 1.82) is 0 Å². The maximum absolute atomic E-state index is 13.9. The maximum Gasteiger partial charge on any atom is 0.263 e. The van der Waals surface area contributed by atoms with Gasteiger partial charge in [0, 0.05) is 18.2 Å². The van der Waals surface area contributed by atoms with E-state index in [0.29, 0.717) is 10.4 Å². The van der Waals surface area contributed by atoms with Crippen molar-refractivity contribution >= 4 is 17.2 Å². The third kappa shape index (κ3) is 7.04. The van der Waals surface area contributed by atoms with Gasteiger partial charge in [-0.25, -0.2) is 8.78 Å². The molecular weight excluding hydrogens is 504 g/mol. The van der Waals surface area contributed by atoms with Crippen LogP contribution >= 0.6 is 11.3 Å². The van der Waals surface area contributed by atoms with Gasteiger partial charge >= 0.3 is 0 Å². The highest BCUT2D eigenvalue weighted by Gasteiger charge is 2.35. The number of carbonyl (C=O) groups excluding carboxylic acids is 1. The van der Waals surface area contributed by atoms with E-state index in [0.717, 1.165) is 31.7 Å². The zero-order valence-electron chi connectivity index (χ0n) is 22.3. The number of aliphatic hydroxyl groups is 1. The Hall–Kier alpha value is -2.68. The summed E-state index contributed by atoms with van der Waals surface area (Å²) in [6.45, 7) is 6.80. The highest BCUT2D eigenvalue weighted by Crippen LogP contribution is 2.38. The van der Waals surface area contributed by atoms with Crippen molar-refractivity contribution in [1.82, 2.24) is 15.6 Å². The normalized spacial score (nSPS) is 17.1. The van der Waals surface area contributed by atoms with Gasteiger partial charge in [0.05, 0.1) is 23.9 Å². The molecular formula is C30H37F2N3O2S. The summed E-state index contributed by atoms with van der Waals surface area (Å²) in [7, 11) is 0. The molecule has 1 aromatic heterocycles. The molecule has 2 aromatic carbocycles. The molecule has 2 atom stereocenters. The zero-order chi connectivity index (χ0) is 27.3. The molecule has 204 valence electrons. The first-order chi connectivity index (χ1) is 18.1. The summed E-state index contributed by atoms with van der Waals surface area (Å²) in [5, 5.41) is 17.9. The van der Waals surface area contributed by atoms with Gasteiger partial charge < -0.3 is 15.7 Å². The number of thiazole rings is 1. The Morgan fingerprint density at radius 2 is 1.82 bits per heavy atom. The summed E-state index contributed by atoms with van der Waals surface area (Å²) < 4.78 is 27.8. The SMILES string of the molecule is CC(C)(C)c1cccc(C2(NCC(O)C(Cc3cc(F)cc(F)c3)NC(=O)c3cncs3)CCCCC2)c1. The number of aromatic nitrogens is 1. The molecule has 1 amide bonds. The predicted octanol–water partition coefficient (Wildman–Crippen LogP) is 5.87.